The summed E-state index contributed by atoms with van der Waals surface area (Å²) in [4.78, 5) is 26.1. The van der Waals surface area contributed by atoms with Gasteiger partial charge in [0.1, 0.15) is 23.9 Å². The molecule has 0 bridgehead atoms. The number of phenolic OH excluding ortho intramolecular Hbond substituents is 1. The van der Waals surface area contributed by atoms with Crippen LogP contribution in [-0.2, 0) is 9.53 Å². The van der Waals surface area contributed by atoms with Crippen molar-refractivity contribution in [2.24, 2.45) is 0 Å². The monoisotopic (exact) mass is 656 g/mol. The second kappa shape index (κ2) is 15.0. The number of hydrogen-bond donors (Lipinski definition) is 3. The van der Waals surface area contributed by atoms with Crippen molar-refractivity contribution < 1.29 is 28.9 Å². The van der Waals surface area contributed by atoms with Crippen molar-refractivity contribution in [2.45, 2.75) is 38.3 Å². The summed E-state index contributed by atoms with van der Waals surface area (Å²) in [5, 5.41) is 16.9. The lowest BCUT2D eigenvalue weighted by Crippen LogP contribution is -2.32. The van der Waals surface area contributed by atoms with E-state index in [1.807, 2.05) is 62.4 Å². The summed E-state index contributed by atoms with van der Waals surface area (Å²) in [6.45, 7) is 4.06. The molecular weight excluding hydrogens is 616 g/mol. The summed E-state index contributed by atoms with van der Waals surface area (Å²) in [7, 11) is 1.52. The zero-order valence-corrected chi connectivity index (χ0v) is 27.8. The normalized spacial score (nSPS) is 13.0. The average Bonchev–Trinajstić information content (AvgIpc) is 3.45. The number of carbonyl (C=O) groups excluding carboxylic acids is 2. The molecule has 2 unspecified atom stereocenters. The van der Waals surface area contributed by atoms with Crippen molar-refractivity contribution in [2.75, 3.05) is 20.3 Å². The molecule has 2 amide bonds. The number of benzene rings is 5. The Balaban J connectivity index is 1.14. The standard InChI is InChI=1S/C41H40N2O6/c1-4-37(27-15-13-26(2)14-16-27)42-39(45)25-48-29-19-17-28(18-20-29)40(35-22-21-30(47-3)23-38(35)44)43-41(46)49-24-36-33-11-7-5-9-31(33)32-10-6-8-12-34(32)36/h5-23,36-37,40,44H,4,24-25H2,1-3H3,(H,42,45)(H,43,46). The van der Waals surface area contributed by atoms with Gasteiger partial charge in [-0.2, -0.15) is 0 Å². The first-order valence-corrected chi connectivity index (χ1v) is 16.4. The van der Waals surface area contributed by atoms with Crippen molar-refractivity contribution in [3.8, 4) is 28.4 Å². The minimum absolute atomic E-state index is 0.0423. The molecule has 0 saturated heterocycles. The van der Waals surface area contributed by atoms with Crippen LogP contribution in [0.3, 0.4) is 0 Å². The topological polar surface area (TPSA) is 106 Å². The highest BCUT2D eigenvalue weighted by molar-refractivity contribution is 5.79. The summed E-state index contributed by atoms with van der Waals surface area (Å²) in [6, 6.07) is 35.5. The molecule has 250 valence electrons. The molecule has 8 nitrogen and oxygen atoms in total. The molecule has 0 aromatic heterocycles. The van der Waals surface area contributed by atoms with E-state index in [2.05, 4.69) is 34.9 Å². The van der Waals surface area contributed by atoms with E-state index in [0.717, 1.165) is 39.8 Å². The zero-order chi connectivity index (χ0) is 34.3. The molecule has 2 atom stereocenters. The highest BCUT2D eigenvalue weighted by Crippen LogP contribution is 2.44. The number of alkyl carbamates (subject to hydrolysis) is 1. The number of carbonyl (C=O) groups is 2. The molecule has 0 heterocycles. The van der Waals surface area contributed by atoms with Crippen molar-refractivity contribution >= 4 is 12.0 Å². The number of amides is 2. The van der Waals surface area contributed by atoms with Gasteiger partial charge in [-0.05, 0) is 71.0 Å². The Morgan fingerprint density at radius 2 is 1.39 bits per heavy atom. The Hall–Kier alpha value is -5.76. The van der Waals surface area contributed by atoms with Crippen LogP contribution in [0.5, 0.6) is 17.2 Å². The molecule has 5 aromatic carbocycles. The molecule has 8 heteroatoms. The summed E-state index contributed by atoms with van der Waals surface area (Å²) >= 11 is 0. The lowest BCUT2D eigenvalue weighted by Gasteiger charge is -2.22. The van der Waals surface area contributed by atoms with Gasteiger partial charge in [0.05, 0.1) is 19.2 Å². The van der Waals surface area contributed by atoms with Crippen molar-refractivity contribution in [1.82, 2.24) is 10.6 Å². The number of rotatable bonds is 12. The van der Waals surface area contributed by atoms with Crippen LogP contribution >= 0.6 is 0 Å². The number of aromatic hydroxyl groups is 1. The fraction of sp³-hybridized carbons (Fsp3) is 0.220. The maximum absolute atomic E-state index is 13.4. The minimum atomic E-state index is -0.751. The van der Waals surface area contributed by atoms with Crippen LogP contribution in [0.1, 0.15) is 64.7 Å². The van der Waals surface area contributed by atoms with E-state index in [4.69, 9.17) is 14.2 Å². The Morgan fingerprint density at radius 3 is 2.00 bits per heavy atom. The van der Waals surface area contributed by atoms with Crippen LogP contribution in [0, 0.1) is 6.92 Å². The average molecular weight is 657 g/mol. The first kappa shape index (κ1) is 33.2. The molecule has 0 fully saturated rings. The van der Waals surface area contributed by atoms with E-state index in [-0.39, 0.29) is 36.8 Å². The van der Waals surface area contributed by atoms with E-state index < -0.39 is 12.1 Å². The molecule has 0 aliphatic heterocycles. The van der Waals surface area contributed by atoms with Gasteiger partial charge in [0.15, 0.2) is 6.61 Å². The van der Waals surface area contributed by atoms with Crippen LogP contribution in [0.4, 0.5) is 4.79 Å². The van der Waals surface area contributed by atoms with Crippen LogP contribution in [0.25, 0.3) is 11.1 Å². The maximum atomic E-state index is 13.4. The van der Waals surface area contributed by atoms with Gasteiger partial charge in [0.25, 0.3) is 5.91 Å². The van der Waals surface area contributed by atoms with Gasteiger partial charge in [-0.1, -0.05) is 97.4 Å². The van der Waals surface area contributed by atoms with Crippen molar-refractivity contribution in [1.29, 1.82) is 0 Å². The van der Waals surface area contributed by atoms with Gasteiger partial charge in [-0.25, -0.2) is 4.79 Å². The molecule has 0 saturated carbocycles. The number of methoxy groups -OCH3 is 1. The van der Waals surface area contributed by atoms with Gasteiger partial charge in [0, 0.05) is 17.5 Å². The summed E-state index contributed by atoms with van der Waals surface area (Å²) < 4.78 is 16.9. The predicted octanol–water partition coefficient (Wildman–Crippen LogP) is 7.98. The van der Waals surface area contributed by atoms with Crippen molar-refractivity contribution in [3.63, 3.8) is 0 Å². The molecule has 0 spiro atoms. The van der Waals surface area contributed by atoms with Gasteiger partial charge in [0.2, 0.25) is 0 Å². The summed E-state index contributed by atoms with van der Waals surface area (Å²) in [5.74, 6) is 0.606. The SMILES string of the molecule is CCC(NC(=O)COc1ccc(C(NC(=O)OCC2c3ccccc3-c3ccccc32)c2ccc(OC)cc2O)cc1)c1ccc(C)cc1. The molecule has 3 N–H and O–H groups in total. The molecule has 49 heavy (non-hydrogen) atoms. The van der Waals surface area contributed by atoms with Gasteiger partial charge in [-0.15, -0.1) is 0 Å². The molecule has 1 aliphatic rings. The summed E-state index contributed by atoms with van der Waals surface area (Å²) in [6.07, 6.45) is 0.123. The maximum Gasteiger partial charge on any atom is 0.407 e. The molecular formula is C41H40N2O6. The third-order valence-corrected chi connectivity index (χ3v) is 8.96. The quantitative estimate of drug-likeness (QED) is 0.126. The molecule has 0 radical (unpaired) electrons. The van der Waals surface area contributed by atoms with Gasteiger partial charge < -0.3 is 30.0 Å². The number of nitrogens with one attached hydrogen (secondary N) is 2. The third kappa shape index (κ3) is 7.54. The van der Waals surface area contributed by atoms with E-state index in [1.54, 1.807) is 36.4 Å². The van der Waals surface area contributed by atoms with Crippen molar-refractivity contribution in [3.05, 3.63) is 149 Å². The lowest BCUT2D eigenvalue weighted by atomic mass is 9.97. The number of ether oxygens (including phenoxy) is 3. The van der Waals surface area contributed by atoms with Crippen LogP contribution in [0.15, 0.2) is 115 Å². The lowest BCUT2D eigenvalue weighted by molar-refractivity contribution is -0.123. The fourth-order valence-corrected chi connectivity index (χ4v) is 6.35. The van der Waals surface area contributed by atoms with E-state index in [1.165, 1.54) is 13.2 Å². The zero-order valence-electron chi connectivity index (χ0n) is 27.8. The first-order valence-electron chi connectivity index (χ1n) is 16.4. The van der Waals surface area contributed by atoms with E-state index in [9.17, 15) is 14.7 Å². The number of phenols is 1. The van der Waals surface area contributed by atoms with Crippen LogP contribution in [0.2, 0.25) is 0 Å². The van der Waals surface area contributed by atoms with Gasteiger partial charge >= 0.3 is 6.09 Å². The largest absolute Gasteiger partial charge is 0.507 e. The highest BCUT2D eigenvalue weighted by atomic mass is 16.5. The van der Waals surface area contributed by atoms with E-state index >= 15 is 0 Å². The van der Waals surface area contributed by atoms with Gasteiger partial charge in [-0.3, -0.25) is 4.79 Å². The third-order valence-electron chi connectivity index (χ3n) is 8.96. The van der Waals surface area contributed by atoms with Crippen LogP contribution in [-0.4, -0.2) is 37.4 Å². The Morgan fingerprint density at radius 1 is 0.776 bits per heavy atom. The second-order valence-electron chi connectivity index (χ2n) is 12.1. The minimum Gasteiger partial charge on any atom is -0.507 e. The highest BCUT2D eigenvalue weighted by Gasteiger charge is 2.30. The second-order valence-corrected chi connectivity index (χ2v) is 12.1. The molecule has 5 aromatic rings. The number of fused-ring (bicyclic) bond motifs is 3. The Bertz CT molecular complexity index is 1880. The smallest absolute Gasteiger partial charge is 0.407 e. The fourth-order valence-electron chi connectivity index (χ4n) is 6.35. The van der Waals surface area contributed by atoms with Crippen LogP contribution < -0.4 is 20.1 Å². The first-order chi connectivity index (χ1) is 23.8. The summed E-state index contributed by atoms with van der Waals surface area (Å²) in [5.41, 5.74) is 7.86. The Labute approximate surface area is 286 Å². The molecule has 1 aliphatic carbocycles. The number of hydrogen-bond acceptors (Lipinski definition) is 6. The molecule has 6 rings (SSSR count). The number of aryl methyl sites for hydroxylation is 1. The predicted molar refractivity (Wildman–Crippen MR) is 189 cm³/mol. The van der Waals surface area contributed by atoms with E-state index in [0.29, 0.717) is 22.6 Å². The Kier molecular flexibility index (Phi) is 10.1.